The number of nitrogens with zero attached hydrogens (tertiary/aromatic N) is 2. The zero-order valence-electron chi connectivity index (χ0n) is 16.1. The summed E-state index contributed by atoms with van der Waals surface area (Å²) in [6.45, 7) is 16.6. The summed E-state index contributed by atoms with van der Waals surface area (Å²) >= 11 is 0. The molecule has 1 aliphatic heterocycles. The molecule has 1 unspecified atom stereocenters. The molecule has 0 saturated carbocycles. The van der Waals surface area contributed by atoms with E-state index in [1.165, 1.54) is 6.42 Å². The van der Waals surface area contributed by atoms with Gasteiger partial charge in [0.15, 0.2) is 5.96 Å². The van der Waals surface area contributed by atoms with E-state index >= 15 is 0 Å². The minimum absolute atomic E-state index is 0.493. The van der Waals surface area contributed by atoms with E-state index in [1.807, 2.05) is 6.92 Å². The normalized spacial score (nSPS) is 18.0. The van der Waals surface area contributed by atoms with Gasteiger partial charge in [-0.05, 0) is 32.6 Å². The van der Waals surface area contributed by atoms with Crippen LogP contribution in [0.5, 0.6) is 0 Å². The fourth-order valence-corrected chi connectivity index (χ4v) is 2.89. The molecule has 0 radical (unpaired) electrons. The van der Waals surface area contributed by atoms with E-state index in [1.54, 1.807) is 0 Å². The first kappa shape index (κ1) is 21.2. The van der Waals surface area contributed by atoms with E-state index < -0.39 is 0 Å². The third-order valence-electron chi connectivity index (χ3n) is 4.07. The summed E-state index contributed by atoms with van der Waals surface area (Å²) < 4.78 is 10.9. The number of aliphatic imine (C=N–C) groups is 1. The van der Waals surface area contributed by atoms with Crippen molar-refractivity contribution in [2.45, 2.75) is 46.6 Å². The number of hydrogen-bond acceptors (Lipinski definition) is 4. The Hall–Kier alpha value is -0.850. The number of morpholine rings is 1. The predicted octanol–water partition coefficient (Wildman–Crippen LogP) is 1.72. The Morgan fingerprint density at radius 2 is 1.96 bits per heavy atom. The molecule has 1 fully saturated rings. The molecule has 6 heteroatoms. The molecule has 24 heavy (non-hydrogen) atoms. The summed E-state index contributed by atoms with van der Waals surface area (Å²) in [7, 11) is 0. The van der Waals surface area contributed by atoms with Crippen molar-refractivity contribution in [3.8, 4) is 0 Å². The summed E-state index contributed by atoms with van der Waals surface area (Å²) in [6.07, 6.45) is 2.17. The van der Waals surface area contributed by atoms with Gasteiger partial charge in [0.2, 0.25) is 0 Å². The van der Waals surface area contributed by atoms with Crippen LogP contribution in [0.3, 0.4) is 0 Å². The quantitative estimate of drug-likeness (QED) is 0.340. The van der Waals surface area contributed by atoms with Gasteiger partial charge in [-0.25, -0.2) is 0 Å². The molecule has 0 aliphatic carbocycles. The van der Waals surface area contributed by atoms with E-state index in [2.05, 4.69) is 36.3 Å². The van der Waals surface area contributed by atoms with E-state index in [4.69, 9.17) is 14.5 Å². The van der Waals surface area contributed by atoms with Crippen molar-refractivity contribution < 1.29 is 9.47 Å². The van der Waals surface area contributed by atoms with Gasteiger partial charge in [-0.15, -0.1) is 0 Å². The Morgan fingerprint density at radius 3 is 2.58 bits per heavy atom. The molecule has 6 nitrogen and oxygen atoms in total. The second-order valence-electron chi connectivity index (χ2n) is 6.63. The van der Waals surface area contributed by atoms with Crippen LogP contribution in [0.4, 0.5) is 0 Å². The monoisotopic (exact) mass is 342 g/mol. The summed E-state index contributed by atoms with van der Waals surface area (Å²) in [4.78, 5) is 7.36. The Balaban J connectivity index is 2.50. The van der Waals surface area contributed by atoms with Gasteiger partial charge in [-0.2, -0.15) is 0 Å². The molecule has 0 aromatic rings. The molecular weight excluding hydrogens is 304 g/mol. The van der Waals surface area contributed by atoms with Gasteiger partial charge in [0.1, 0.15) is 0 Å². The molecule has 1 heterocycles. The van der Waals surface area contributed by atoms with E-state index in [9.17, 15) is 0 Å². The van der Waals surface area contributed by atoms with Gasteiger partial charge in [0, 0.05) is 45.4 Å². The van der Waals surface area contributed by atoms with Crippen LogP contribution < -0.4 is 10.6 Å². The standard InChI is InChI=1S/C18H38N4O2/c1-5-19-18(20-8-7-11-23-6-2)21-15-17(14-16(3)4)22-9-12-24-13-10-22/h16-17H,5-15H2,1-4H3,(H2,19,20,21). The number of ether oxygens (including phenoxy) is 2. The summed E-state index contributed by atoms with van der Waals surface area (Å²) in [5.74, 6) is 1.59. The van der Waals surface area contributed by atoms with Gasteiger partial charge in [0.05, 0.1) is 19.8 Å². The van der Waals surface area contributed by atoms with Gasteiger partial charge in [-0.3, -0.25) is 9.89 Å². The molecule has 1 saturated heterocycles. The fourth-order valence-electron chi connectivity index (χ4n) is 2.89. The van der Waals surface area contributed by atoms with E-state index in [0.29, 0.717) is 12.0 Å². The lowest BCUT2D eigenvalue weighted by atomic mass is 10.0. The van der Waals surface area contributed by atoms with Crippen molar-refractivity contribution in [2.75, 3.05) is 59.2 Å². The first-order valence-corrected chi connectivity index (χ1v) is 9.59. The highest BCUT2D eigenvalue weighted by atomic mass is 16.5. The van der Waals surface area contributed by atoms with Crippen molar-refractivity contribution in [2.24, 2.45) is 10.9 Å². The first-order valence-electron chi connectivity index (χ1n) is 9.59. The Bertz CT molecular complexity index is 331. The molecule has 0 bridgehead atoms. The van der Waals surface area contributed by atoms with E-state index in [0.717, 1.165) is 71.5 Å². The molecule has 2 N–H and O–H groups in total. The molecule has 0 aromatic carbocycles. The lowest BCUT2D eigenvalue weighted by Crippen LogP contribution is -2.46. The highest BCUT2D eigenvalue weighted by Crippen LogP contribution is 2.14. The minimum Gasteiger partial charge on any atom is -0.382 e. The number of hydrogen-bond donors (Lipinski definition) is 2. The van der Waals surface area contributed by atoms with Crippen molar-refractivity contribution in [1.82, 2.24) is 15.5 Å². The molecule has 1 aliphatic rings. The van der Waals surface area contributed by atoms with Crippen LogP contribution in [-0.2, 0) is 9.47 Å². The molecule has 1 atom stereocenters. The van der Waals surface area contributed by atoms with Crippen molar-refractivity contribution in [3.63, 3.8) is 0 Å². The minimum atomic E-state index is 0.493. The second-order valence-corrected chi connectivity index (χ2v) is 6.63. The van der Waals surface area contributed by atoms with Crippen LogP contribution in [0.15, 0.2) is 4.99 Å². The van der Waals surface area contributed by atoms with Crippen LogP contribution in [-0.4, -0.2) is 76.1 Å². The molecule has 1 rings (SSSR count). The molecular formula is C18H38N4O2. The Morgan fingerprint density at radius 1 is 1.21 bits per heavy atom. The molecule has 0 spiro atoms. The lowest BCUT2D eigenvalue weighted by molar-refractivity contribution is 0.0143. The summed E-state index contributed by atoms with van der Waals surface area (Å²) in [5, 5.41) is 6.75. The summed E-state index contributed by atoms with van der Waals surface area (Å²) in [6, 6.07) is 0.493. The average Bonchev–Trinajstić information content (AvgIpc) is 2.58. The molecule has 142 valence electrons. The van der Waals surface area contributed by atoms with Crippen LogP contribution in [0, 0.1) is 5.92 Å². The van der Waals surface area contributed by atoms with Gasteiger partial charge >= 0.3 is 0 Å². The van der Waals surface area contributed by atoms with Gasteiger partial charge in [0.25, 0.3) is 0 Å². The largest absolute Gasteiger partial charge is 0.382 e. The van der Waals surface area contributed by atoms with Crippen LogP contribution in [0.25, 0.3) is 0 Å². The third kappa shape index (κ3) is 9.45. The van der Waals surface area contributed by atoms with Gasteiger partial charge in [-0.1, -0.05) is 13.8 Å². The zero-order chi connectivity index (χ0) is 17.6. The average molecular weight is 343 g/mol. The fraction of sp³-hybridized carbons (Fsp3) is 0.944. The van der Waals surface area contributed by atoms with Gasteiger partial charge < -0.3 is 20.1 Å². The third-order valence-corrected chi connectivity index (χ3v) is 4.07. The number of nitrogens with one attached hydrogen (secondary N) is 2. The maximum absolute atomic E-state index is 5.49. The molecule has 0 aromatic heterocycles. The SMILES string of the molecule is CCNC(=NCC(CC(C)C)N1CCOCC1)NCCCOCC. The number of rotatable bonds is 11. The first-order chi connectivity index (χ1) is 11.7. The molecule has 0 amide bonds. The highest BCUT2D eigenvalue weighted by molar-refractivity contribution is 5.79. The topological polar surface area (TPSA) is 58.1 Å². The van der Waals surface area contributed by atoms with E-state index in [-0.39, 0.29) is 0 Å². The predicted molar refractivity (Wildman–Crippen MR) is 101 cm³/mol. The smallest absolute Gasteiger partial charge is 0.191 e. The van der Waals surface area contributed by atoms with Crippen LogP contribution in [0.2, 0.25) is 0 Å². The maximum atomic E-state index is 5.49. The Kier molecular flexibility index (Phi) is 11.9. The van der Waals surface area contributed by atoms with Crippen molar-refractivity contribution in [3.05, 3.63) is 0 Å². The lowest BCUT2D eigenvalue weighted by Gasteiger charge is -2.34. The van der Waals surface area contributed by atoms with Crippen LogP contribution in [0.1, 0.15) is 40.5 Å². The Labute approximate surface area is 148 Å². The van der Waals surface area contributed by atoms with Crippen molar-refractivity contribution in [1.29, 1.82) is 0 Å². The van der Waals surface area contributed by atoms with Crippen molar-refractivity contribution >= 4 is 5.96 Å². The number of guanidine groups is 1. The second kappa shape index (κ2) is 13.4. The zero-order valence-corrected chi connectivity index (χ0v) is 16.1. The highest BCUT2D eigenvalue weighted by Gasteiger charge is 2.21. The van der Waals surface area contributed by atoms with Crippen LogP contribution >= 0.6 is 0 Å². The summed E-state index contributed by atoms with van der Waals surface area (Å²) in [5.41, 5.74) is 0. The maximum Gasteiger partial charge on any atom is 0.191 e.